The summed E-state index contributed by atoms with van der Waals surface area (Å²) in [6.45, 7) is 3.67. The highest BCUT2D eigenvalue weighted by Crippen LogP contribution is 2.37. The molecule has 2 nitrogen and oxygen atoms in total. The van der Waals surface area contributed by atoms with Crippen LogP contribution in [0.5, 0.6) is 0 Å². The quantitative estimate of drug-likeness (QED) is 0.739. The first-order valence-electron chi connectivity index (χ1n) is 5.99. The lowest BCUT2D eigenvalue weighted by atomic mass is 9.94. The van der Waals surface area contributed by atoms with E-state index in [4.69, 9.17) is 5.26 Å². The third-order valence-electron chi connectivity index (χ3n) is 2.97. The first-order chi connectivity index (χ1) is 9.45. The summed E-state index contributed by atoms with van der Waals surface area (Å²) >= 11 is 3.37. The number of benzene rings is 1. The predicted molar refractivity (Wildman–Crippen MR) is 76.1 cm³/mol. The van der Waals surface area contributed by atoms with Gasteiger partial charge in [0.25, 0.3) is 0 Å². The monoisotopic (exact) mass is 336 g/mol. The van der Waals surface area contributed by atoms with Crippen LogP contribution in [-0.2, 0) is 0 Å². The predicted octanol–water partition coefficient (Wildman–Crippen LogP) is 4.78. The van der Waals surface area contributed by atoms with Gasteiger partial charge in [-0.1, -0.05) is 13.8 Å². The van der Waals surface area contributed by atoms with Gasteiger partial charge in [-0.3, -0.25) is 0 Å². The fourth-order valence-electron chi connectivity index (χ4n) is 2.03. The second kappa shape index (κ2) is 5.68. The van der Waals surface area contributed by atoms with E-state index < -0.39 is 11.8 Å². The first kappa shape index (κ1) is 14.6. The Labute approximate surface area is 124 Å². The van der Waals surface area contributed by atoms with Gasteiger partial charge in [-0.05, 0) is 45.1 Å². The number of pyridine rings is 1. The molecule has 0 aliphatic carbocycles. The van der Waals surface area contributed by atoms with Crippen LogP contribution in [0, 0.1) is 23.1 Å². The molecule has 0 radical (unpaired) electrons. The van der Waals surface area contributed by atoms with Crippen molar-refractivity contribution in [3.8, 4) is 17.2 Å². The van der Waals surface area contributed by atoms with Crippen LogP contribution < -0.4 is 0 Å². The number of nitriles is 1. The van der Waals surface area contributed by atoms with Crippen molar-refractivity contribution in [1.29, 1.82) is 5.26 Å². The lowest BCUT2D eigenvalue weighted by Crippen LogP contribution is -2.00. The number of rotatable bonds is 2. The van der Waals surface area contributed by atoms with E-state index in [1.807, 2.05) is 19.9 Å². The van der Waals surface area contributed by atoms with Crippen LogP contribution in [0.15, 0.2) is 28.9 Å². The highest BCUT2D eigenvalue weighted by Gasteiger charge is 2.20. The molecule has 0 spiro atoms. The fourth-order valence-corrected chi connectivity index (χ4v) is 3.00. The van der Waals surface area contributed by atoms with E-state index in [1.165, 1.54) is 18.3 Å². The average Bonchev–Trinajstić information content (AvgIpc) is 2.38. The smallest absolute Gasteiger partial charge is 0.213 e. The Morgan fingerprint density at radius 1 is 1.30 bits per heavy atom. The van der Waals surface area contributed by atoms with Crippen LogP contribution in [0.2, 0.25) is 0 Å². The number of aromatic nitrogens is 1. The molecule has 0 saturated heterocycles. The molecular weight excluding hydrogens is 326 g/mol. The fraction of sp³-hybridized carbons (Fsp3) is 0.200. The van der Waals surface area contributed by atoms with Crippen LogP contribution in [-0.4, -0.2) is 4.98 Å². The third kappa shape index (κ3) is 2.56. The Balaban J connectivity index is 2.78. The van der Waals surface area contributed by atoms with Crippen molar-refractivity contribution < 1.29 is 8.78 Å². The van der Waals surface area contributed by atoms with E-state index in [0.717, 1.165) is 0 Å². The molecular formula is C15H11BrF2N2. The Hall–Kier alpha value is -1.80. The second-order valence-electron chi connectivity index (χ2n) is 4.65. The van der Waals surface area contributed by atoms with Gasteiger partial charge in [0, 0.05) is 22.3 Å². The first-order valence-corrected chi connectivity index (χ1v) is 6.79. The van der Waals surface area contributed by atoms with Gasteiger partial charge in [0.15, 0.2) is 0 Å². The normalized spacial score (nSPS) is 10.7. The second-order valence-corrected chi connectivity index (χ2v) is 5.44. The number of hydrogen-bond acceptors (Lipinski definition) is 2. The average molecular weight is 337 g/mol. The van der Waals surface area contributed by atoms with Crippen LogP contribution in [0.3, 0.4) is 0 Å². The minimum atomic E-state index is -0.622. The van der Waals surface area contributed by atoms with Gasteiger partial charge in [0.2, 0.25) is 5.95 Å². The summed E-state index contributed by atoms with van der Waals surface area (Å²) in [4.78, 5) is 3.49. The Kier molecular flexibility index (Phi) is 4.15. The SMILES string of the molecule is CC(C)c1c(F)c(C#N)cc(-c2ccnc(F)c2)c1Br. The van der Waals surface area contributed by atoms with E-state index in [2.05, 4.69) is 20.9 Å². The van der Waals surface area contributed by atoms with E-state index in [-0.39, 0.29) is 11.5 Å². The molecule has 2 rings (SSSR count). The molecule has 0 aliphatic heterocycles. The maximum atomic E-state index is 14.2. The van der Waals surface area contributed by atoms with Crippen molar-refractivity contribution in [3.63, 3.8) is 0 Å². The third-order valence-corrected chi connectivity index (χ3v) is 3.82. The molecule has 5 heteroatoms. The van der Waals surface area contributed by atoms with E-state index >= 15 is 0 Å². The van der Waals surface area contributed by atoms with E-state index in [9.17, 15) is 8.78 Å². The Morgan fingerprint density at radius 3 is 2.55 bits per heavy atom. The zero-order chi connectivity index (χ0) is 14.9. The zero-order valence-corrected chi connectivity index (χ0v) is 12.5. The maximum absolute atomic E-state index is 14.2. The Morgan fingerprint density at radius 2 is 2.00 bits per heavy atom. The molecule has 1 aromatic heterocycles. The van der Waals surface area contributed by atoms with Crippen LogP contribution in [0.1, 0.15) is 30.9 Å². The number of nitrogens with zero attached hydrogens (tertiary/aromatic N) is 2. The summed E-state index contributed by atoms with van der Waals surface area (Å²) in [6.07, 6.45) is 1.33. The van der Waals surface area contributed by atoms with Gasteiger partial charge in [-0.15, -0.1) is 0 Å². The topological polar surface area (TPSA) is 36.7 Å². The van der Waals surface area contributed by atoms with E-state index in [1.54, 1.807) is 6.07 Å². The molecule has 0 aliphatic rings. The maximum Gasteiger partial charge on any atom is 0.213 e. The van der Waals surface area contributed by atoms with Gasteiger partial charge >= 0.3 is 0 Å². The standard InChI is InChI=1S/C15H11BrF2N2/c1-8(2)13-14(16)11(5-10(7-19)15(13)18)9-3-4-20-12(17)6-9/h3-6,8H,1-2H3. The van der Waals surface area contributed by atoms with Gasteiger partial charge < -0.3 is 0 Å². The zero-order valence-electron chi connectivity index (χ0n) is 10.9. The lowest BCUT2D eigenvalue weighted by Gasteiger charge is -2.15. The van der Waals surface area contributed by atoms with Gasteiger partial charge in [-0.25, -0.2) is 9.37 Å². The number of halogens is 3. The van der Waals surface area contributed by atoms with Gasteiger partial charge in [-0.2, -0.15) is 9.65 Å². The Bertz CT molecular complexity index is 706. The molecule has 0 saturated carbocycles. The summed E-state index contributed by atoms with van der Waals surface area (Å²) in [6, 6.07) is 6.12. The minimum absolute atomic E-state index is 0.0517. The highest BCUT2D eigenvalue weighted by molar-refractivity contribution is 9.10. The summed E-state index contributed by atoms with van der Waals surface area (Å²) in [7, 11) is 0. The van der Waals surface area contributed by atoms with Crippen molar-refractivity contribution in [3.05, 3.63) is 51.8 Å². The van der Waals surface area contributed by atoms with Crippen molar-refractivity contribution >= 4 is 15.9 Å². The molecule has 0 amide bonds. The van der Waals surface area contributed by atoms with Gasteiger partial charge in [0.1, 0.15) is 11.9 Å². The highest BCUT2D eigenvalue weighted by atomic mass is 79.9. The molecule has 1 aromatic carbocycles. The number of hydrogen-bond donors (Lipinski definition) is 0. The summed E-state index contributed by atoms with van der Waals surface area (Å²) in [5, 5.41) is 9.05. The van der Waals surface area contributed by atoms with Crippen LogP contribution >= 0.6 is 15.9 Å². The molecule has 0 bridgehead atoms. The molecule has 20 heavy (non-hydrogen) atoms. The molecule has 0 unspecified atom stereocenters. The van der Waals surface area contributed by atoms with Crippen molar-refractivity contribution in [2.75, 3.05) is 0 Å². The minimum Gasteiger partial charge on any atom is -0.228 e. The summed E-state index contributed by atoms with van der Waals surface area (Å²) < 4.78 is 28.0. The van der Waals surface area contributed by atoms with Gasteiger partial charge in [0.05, 0.1) is 5.56 Å². The molecule has 0 fully saturated rings. The van der Waals surface area contributed by atoms with E-state index in [0.29, 0.717) is 21.2 Å². The summed E-state index contributed by atoms with van der Waals surface area (Å²) in [5.41, 5.74) is 1.48. The van der Waals surface area contributed by atoms with Crippen LogP contribution in [0.25, 0.3) is 11.1 Å². The largest absolute Gasteiger partial charge is 0.228 e. The van der Waals surface area contributed by atoms with Crippen molar-refractivity contribution in [2.24, 2.45) is 0 Å². The lowest BCUT2D eigenvalue weighted by molar-refractivity contribution is 0.584. The van der Waals surface area contributed by atoms with Crippen molar-refractivity contribution in [1.82, 2.24) is 4.98 Å². The molecule has 0 N–H and O–H groups in total. The summed E-state index contributed by atoms with van der Waals surface area (Å²) in [5.74, 6) is -1.26. The molecule has 2 aromatic rings. The van der Waals surface area contributed by atoms with Crippen molar-refractivity contribution in [2.45, 2.75) is 19.8 Å². The molecule has 1 heterocycles. The van der Waals surface area contributed by atoms with Crippen LogP contribution in [0.4, 0.5) is 8.78 Å². The molecule has 102 valence electrons. The molecule has 0 atom stereocenters.